The second kappa shape index (κ2) is 7.69. The maximum atomic E-state index is 12.8. The number of nitrogens with one attached hydrogen (secondary N) is 1. The number of aromatic nitrogens is 3. The topological polar surface area (TPSA) is 53.9 Å². The standard InChI is InChI=1S/C24H30N4O/c1-17-15-26-24(19-6-7-19)28(17)13-10-18-8-11-27(12-9-18)23(29)14-20-16-25-22-5-3-2-4-21(20)22/h2-5,15-16,18-19,25H,6-14H2,1H3. The number of hydrogen-bond acceptors (Lipinski definition) is 2. The first kappa shape index (κ1) is 18.5. The summed E-state index contributed by atoms with van der Waals surface area (Å²) in [6.07, 6.45) is 10.5. The quantitative estimate of drug-likeness (QED) is 0.677. The second-order valence-corrected chi connectivity index (χ2v) is 8.83. The summed E-state index contributed by atoms with van der Waals surface area (Å²) in [5.41, 5.74) is 3.50. The van der Waals surface area contributed by atoms with Crippen LogP contribution in [0, 0.1) is 12.8 Å². The van der Waals surface area contributed by atoms with E-state index in [4.69, 9.17) is 0 Å². The Morgan fingerprint density at radius 1 is 1.17 bits per heavy atom. The molecule has 1 aliphatic carbocycles. The van der Waals surface area contributed by atoms with Crippen LogP contribution in [0.1, 0.15) is 55.1 Å². The summed E-state index contributed by atoms with van der Waals surface area (Å²) in [4.78, 5) is 22.8. The Labute approximate surface area is 172 Å². The highest BCUT2D eigenvalue weighted by atomic mass is 16.2. The molecule has 5 nitrogen and oxygen atoms in total. The smallest absolute Gasteiger partial charge is 0.227 e. The third kappa shape index (κ3) is 3.83. The van der Waals surface area contributed by atoms with E-state index in [1.54, 1.807) is 0 Å². The van der Waals surface area contributed by atoms with Crippen LogP contribution in [0.4, 0.5) is 0 Å². The van der Waals surface area contributed by atoms with Gasteiger partial charge in [-0.2, -0.15) is 0 Å². The Kier molecular flexibility index (Phi) is 4.90. The molecule has 2 aliphatic rings. The molecule has 5 heteroatoms. The number of amides is 1. The number of fused-ring (bicyclic) bond motifs is 1. The van der Waals surface area contributed by atoms with Crippen LogP contribution in [0.15, 0.2) is 36.7 Å². The number of imidazole rings is 1. The highest BCUT2D eigenvalue weighted by Gasteiger charge is 2.29. The summed E-state index contributed by atoms with van der Waals surface area (Å²) in [6, 6.07) is 8.21. The Bertz CT molecular complexity index is 1000. The van der Waals surface area contributed by atoms with Crippen LogP contribution in [0.25, 0.3) is 10.9 Å². The SMILES string of the molecule is Cc1cnc(C2CC2)n1CCC1CCN(C(=O)Cc2c[nH]c3ccccc23)CC1. The number of piperidine rings is 1. The highest BCUT2D eigenvalue weighted by molar-refractivity contribution is 5.88. The number of nitrogens with zero attached hydrogens (tertiary/aromatic N) is 3. The summed E-state index contributed by atoms with van der Waals surface area (Å²) in [5.74, 6) is 2.97. The van der Waals surface area contributed by atoms with E-state index in [2.05, 4.69) is 38.5 Å². The zero-order valence-electron chi connectivity index (χ0n) is 17.2. The van der Waals surface area contributed by atoms with Crippen LogP contribution in [-0.2, 0) is 17.8 Å². The lowest BCUT2D eigenvalue weighted by Crippen LogP contribution is -2.39. The molecule has 1 aliphatic heterocycles. The van der Waals surface area contributed by atoms with Gasteiger partial charge in [-0.05, 0) is 56.6 Å². The third-order valence-corrected chi connectivity index (χ3v) is 6.77. The number of para-hydroxylation sites is 1. The van der Waals surface area contributed by atoms with Crippen LogP contribution in [0.3, 0.4) is 0 Å². The van der Waals surface area contributed by atoms with Gasteiger partial charge in [0.1, 0.15) is 5.82 Å². The van der Waals surface area contributed by atoms with Gasteiger partial charge in [0, 0.05) is 54.5 Å². The molecular formula is C24H30N4O. The lowest BCUT2D eigenvalue weighted by atomic mass is 9.93. The average Bonchev–Trinajstić information content (AvgIpc) is 3.42. The molecule has 3 heterocycles. The normalized spacial score (nSPS) is 17.9. The lowest BCUT2D eigenvalue weighted by molar-refractivity contribution is -0.131. The number of carbonyl (C=O) groups excluding carboxylic acids is 1. The maximum Gasteiger partial charge on any atom is 0.227 e. The molecule has 1 saturated heterocycles. The molecule has 0 unspecified atom stereocenters. The van der Waals surface area contributed by atoms with Crippen LogP contribution in [-0.4, -0.2) is 38.4 Å². The van der Waals surface area contributed by atoms with E-state index in [9.17, 15) is 4.79 Å². The van der Waals surface area contributed by atoms with Crippen molar-refractivity contribution in [1.29, 1.82) is 0 Å². The number of aromatic amines is 1. The molecule has 1 amide bonds. The zero-order chi connectivity index (χ0) is 19.8. The van der Waals surface area contributed by atoms with Crippen LogP contribution >= 0.6 is 0 Å². The van der Waals surface area contributed by atoms with E-state index in [-0.39, 0.29) is 5.91 Å². The fraction of sp³-hybridized carbons (Fsp3) is 0.500. The van der Waals surface area contributed by atoms with Crippen molar-refractivity contribution in [3.63, 3.8) is 0 Å². The predicted molar refractivity (Wildman–Crippen MR) is 115 cm³/mol. The van der Waals surface area contributed by atoms with E-state index in [0.29, 0.717) is 18.3 Å². The molecule has 5 rings (SSSR count). The minimum absolute atomic E-state index is 0.259. The van der Waals surface area contributed by atoms with Crippen molar-refractivity contribution in [2.24, 2.45) is 5.92 Å². The van der Waals surface area contributed by atoms with Gasteiger partial charge in [0.15, 0.2) is 0 Å². The van der Waals surface area contributed by atoms with E-state index in [1.165, 1.54) is 30.8 Å². The summed E-state index contributed by atoms with van der Waals surface area (Å²) in [7, 11) is 0. The average molecular weight is 391 g/mol. The van der Waals surface area contributed by atoms with Gasteiger partial charge in [0.2, 0.25) is 5.91 Å². The maximum absolute atomic E-state index is 12.8. The van der Waals surface area contributed by atoms with Gasteiger partial charge in [-0.1, -0.05) is 18.2 Å². The van der Waals surface area contributed by atoms with Gasteiger partial charge in [-0.15, -0.1) is 0 Å². The Morgan fingerprint density at radius 2 is 1.97 bits per heavy atom. The molecule has 29 heavy (non-hydrogen) atoms. The monoisotopic (exact) mass is 390 g/mol. The van der Waals surface area contributed by atoms with E-state index in [1.807, 2.05) is 24.5 Å². The van der Waals surface area contributed by atoms with Gasteiger partial charge in [0.25, 0.3) is 0 Å². The van der Waals surface area contributed by atoms with Crippen molar-refractivity contribution in [1.82, 2.24) is 19.4 Å². The number of rotatable bonds is 6. The van der Waals surface area contributed by atoms with Crippen molar-refractivity contribution in [3.05, 3.63) is 53.7 Å². The number of carbonyl (C=O) groups is 1. The molecule has 1 N–H and O–H groups in total. The molecule has 1 aromatic carbocycles. The summed E-state index contributed by atoms with van der Waals surface area (Å²) < 4.78 is 2.44. The van der Waals surface area contributed by atoms with Crippen molar-refractivity contribution < 1.29 is 4.79 Å². The molecule has 0 atom stereocenters. The van der Waals surface area contributed by atoms with E-state index in [0.717, 1.165) is 48.9 Å². The molecule has 3 aromatic rings. The van der Waals surface area contributed by atoms with Crippen molar-refractivity contribution in [2.45, 2.75) is 57.9 Å². The first-order valence-electron chi connectivity index (χ1n) is 11.0. The van der Waals surface area contributed by atoms with Crippen molar-refractivity contribution >= 4 is 16.8 Å². The fourth-order valence-electron chi connectivity index (χ4n) is 4.77. The first-order chi connectivity index (χ1) is 14.2. The third-order valence-electron chi connectivity index (χ3n) is 6.77. The number of H-pyrrole nitrogens is 1. The van der Waals surface area contributed by atoms with Crippen LogP contribution in [0.2, 0.25) is 0 Å². The zero-order valence-corrected chi connectivity index (χ0v) is 17.2. The molecule has 2 fully saturated rings. The first-order valence-corrected chi connectivity index (χ1v) is 11.0. The Balaban J connectivity index is 1.14. The molecule has 0 spiro atoms. The summed E-state index contributed by atoms with van der Waals surface area (Å²) in [5, 5.41) is 1.16. The fourth-order valence-corrected chi connectivity index (χ4v) is 4.77. The molecule has 152 valence electrons. The highest BCUT2D eigenvalue weighted by Crippen LogP contribution is 2.39. The largest absolute Gasteiger partial charge is 0.361 e. The van der Waals surface area contributed by atoms with Crippen LogP contribution < -0.4 is 0 Å². The number of likely N-dealkylation sites (tertiary alicyclic amines) is 1. The molecular weight excluding hydrogens is 360 g/mol. The molecule has 2 aromatic heterocycles. The number of hydrogen-bond donors (Lipinski definition) is 1. The molecule has 0 radical (unpaired) electrons. The minimum Gasteiger partial charge on any atom is -0.361 e. The Morgan fingerprint density at radius 3 is 2.76 bits per heavy atom. The summed E-state index contributed by atoms with van der Waals surface area (Å²) in [6.45, 7) is 5.03. The van der Waals surface area contributed by atoms with Crippen molar-refractivity contribution in [2.75, 3.05) is 13.1 Å². The van der Waals surface area contributed by atoms with Gasteiger partial charge in [0.05, 0.1) is 6.42 Å². The van der Waals surface area contributed by atoms with Crippen molar-refractivity contribution in [3.8, 4) is 0 Å². The summed E-state index contributed by atoms with van der Waals surface area (Å²) >= 11 is 0. The number of benzene rings is 1. The second-order valence-electron chi connectivity index (χ2n) is 8.83. The lowest BCUT2D eigenvalue weighted by Gasteiger charge is -2.32. The van der Waals surface area contributed by atoms with Gasteiger partial charge in [-0.25, -0.2) is 4.98 Å². The van der Waals surface area contributed by atoms with Gasteiger partial charge >= 0.3 is 0 Å². The van der Waals surface area contributed by atoms with E-state index < -0.39 is 0 Å². The van der Waals surface area contributed by atoms with Crippen LogP contribution in [0.5, 0.6) is 0 Å². The number of aryl methyl sites for hydroxylation is 1. The van der Waals surface area contributed by atoms with Gasteiger partial charge in [-0.3, -0.25) is 4.79 Å². The Hall–Kier alpha value is -2.56. The van der Waals surface area contributed by atoms with E-state index >= 15 is 0 Å². The minimum atomic E-state index is 0.259. The molecule has 0 bridgehead atoms. The van der Waals surface area contributed by atoms with Gasteiger partial charge < -0.3 is 14.5 Å². The molecule has 1 saturated carbocycles. The predicted octanol–water partition coefficient (Wildman–Crippen LogP) is 4.42.